The van der Waals surface area contributed by atoms with Gasteiger partial charge in [0, 0.05) is 96.6 Å². The molecule has 1 aliphatic carbocycles. The topological polar surface area (TPSA) is 303 Å². The molecule has 2 unspecified atom stereocenters. The van der Waals surface area contributed by atoms with Crippen LogP contribution in [0, 0.1) is 35.5 Å². The van der Waals surface area contributed by atoms with Gasteiger partial charge in [-0.3, -0.25) is 28.3 Å². The molecule has 5 N–H and O–H groups in total. The van der Waals surface area contributed by atoms with E-state index in [0.717, 1.165) is 10.5 Å². The molecule has 87 heavy (non-hydrogen) atoms. The van der Waals surface area contributed by atoms with Crippen molar-refractivity contribution < 1.29 is 91.2 Å². The van der Waals surface area contributed by atoms with Crippen LogP contribution in [0.1, 0.15) is 126 Å². The largest absolute Gasteiger partial charge is 0.460 e. The summed E-state index contributed by atoms with van der Waals surface area (Å²) in [5.74, 6) is -9.99. The number of fused-ring (bicyclic) bond motifs is 3. The van der Waals surface area contributed by atoms with Gasteiger partial charge >= 0.3 is 19.7 Å². The van der Waals surface area contributed by atoms with Crippen molar-refractivity contribution in [3.63, 3.8) is 0 Å². The van der Waals surface area contributed by atoms with Crippen LogP contribution in [-0.4, -0.2) is 186 Å². The lowest BCUT2D eigenvalue weighted by Crippen LogP contribution is -2.61. The summed E-state index contributed by atoms with van der Waals surface area (Å²) in [4.78, 5) is 119. The second-order valence-electron chi connectivity index (χ2n) is 24.8. The lowest BCUT2D eigenvalue weighted by Gasteiger charge is -2.42. The number of allylic oxidation sites excluding steroid dienone is 6. The van der Waals surface area contributed by atoms with Crippen molar-refractivity contribution in [1.29, 1.82) is 0 Å². The molecule has 1 aromatic carbocycles. The quantitative estimate of drug-likeness (QED) is 0.0523. The van der Waals surface area contributed by atoms with Crippen LogP contribution in [0.3, 0.4) is 0 Å². The van der Waals surface area contributed by atoms with E-state index < -0.39 is 123 Å². The number of ketones is 3. The van der Waals surface area contributed by atoms with Crippen LogP contribution in [0.5, 0.6) is 0 Å². The summed E-state index contributed by atoms with van der Waals surface area (Å²) in [6.45, 7) is 13.1. The fourth-order valence-corrected chi connectivity index (χ4v) is 15.5. The molecule has 24 heteroatoms. The van der Waals surface area contributed by atoms with Gasteiger partial charge in [-0.2, -0.15) is 0 Å². The van der Waals surface area contributed by atoms with E-state index in [1.165, 1.54) is 31.3 Å². The van der Waals surface area contributed by atoms with Crippen LogP contribution in [-0.2, 0) is 61.5 Å². The maximum absolute atomic E-state index is 14.7. The van der Waals surface area contributed by atoms with Crippen LogP contribution < -0.4 is 10.2 Å². The normalized spacial score (nSPS) is 33.0. The highest BCUT2D eigenvalue weighted by Crippen LogP contribution is 2.54. The van der Waals surface area contributed by atoms with E-state index in [9.17, 15) is 62.8 Å². The molecular weight excluding hydrogens is 1160 g/mol. The number of hydrogen-bond donors (Lipinski definition) is 5. The van der Waals surface area contributed by atoms with Gasteiger partial charge in [0.05, 0.1) is 18.3 Å². The van der Waals surface area contributed by atoms with E-state index >= 15 is 0 Å². The van der Waals surface area contributed by atoms with Crippen LogP contribution in [0.2, 0.25) is 0 Å². The first-order valence-electron chi connectivity index (χ1n) is 30.4. The minimum atomic E-state index is -4.75. The number of amides is 2. The molecule has 3 heterocycles. The first-order valence-corrected chi connectivity index (χ1v) is 34.1. The number of Topliss-reactive ketones (excluding diaryl/α,β-unsaturated/α-hetero) is 3. The summed E-state index contributed by atoms with van der Waals surface area (Å²) in [6.07, 6.45) is 8.97. The Bertz CT molecular complexity index is 2750. The first-order chi connectivity index (χ1) is 40.8. The van der Waals surface area contributed by atoms with Gasteiger partial charge in [-0.15, -0.1) is 0 Å². The number of ether oxygens (including phenoxy) is 6. The molecule has 22 nitrogen and oxygen atoms in total. The summed E-state index contributed by atoms with van der Waals surface area (Å²) >= 11 is 0. The van der Waals surface area contributed by atoms with Crippen molar-refractivity contribution in [2.45, 2.75) is 180 Å². The lowest BCUT2D eigenvalue weighted by atomic mass is 9.78. The molecule has 0 spiro atoms. The number of cyclic esters (lactones) is 1. The molecule has 1 saturated carbocycles. The molecule has 488 valence electrons. The van der Waals surface area contributed by atoms with E-state index in [-0.39, 0.29) is 61.1 Å². The fraction of sp³-hybridized carbons (Fsp3) is 0.683. The van der Waals surface area contributed by atoms with Gasteiger partial charge in [0.1, 0.15) is 42.1 Å². The van der Waals surface area contributed by atoms with Crippen LogP contribution in [0.15, 0.2) is 71.9 Å². The average molecular weight is 1260 g/mol. The number of anilines is 1. The number of rotatable bonds is 14. The fourth-order valence-electron chi connectivity index (χ4n) is 12.2. The Morgan fingerprint density at radius 3 is 2.16 bits per heavy atom. The Balaban J connectivity index is 1.36. The number of likely N-dealkylation sites (N-methyl/N-ethyl adjacent to an activating group) is 2. The number of carbonyl (C=O) groups is 6. The zero-order chi connectivity index (χ0) is 64.7. The maximum Gasteiger partial charge on any atom is 0.409 e. The molecule has 1 aromatic rings. The maximum atomic E-state index is 14.7. The predicted octanol–water partition coefficient (Wildman–Crippen LogP) is 7.42. The molecule has 2 amide bonds. The molecular formula is C63H97N3O19P2. The average Bonchev–Trinajstić information content (AvgIpc) is 0.881. The summed E-state index contributed by atoms with van der Waals surface area (Å²) in [6, 6.07) is 4.55. The second-order valence-corrected chi connectivity index (χ2v) is 29.2. The van der Waals surface area contributed by atoms with E-state index in [2.05, 4.69) is 0 Å². The third kappa shape index (κ3) is 20.4. The van der Waals surface area contributed by atoms with Gasteiger partial charge in [-0.05, 0) is 131 Å². The smallest absolute Gasteiger partial charge is 0.409 e. The van der Waals surface area contributed by atoms with Gasteiger partial charge in [0.25, 0.3) is 11.7 Å². The Labute approximate surface area is 513 Å². The Kier molecular flexibility index (Phi) is 27.6. The molecule has 16 atom stereocenters. The minimum absolute atomic E-state index is 0.0231. The van der Waals surface area contributed by atoms with E-state index in [4.69, 9.17) is 28.4 Å². The molecule has 3 aliphatic heterocycles. The zero-order valence-corrected chi connectivity index (χ0v) is 54.6. The number of carbonyl (C=O) groups excluding carboxylic acids is 6. The monoisotopic (exact) mass is 1260 g/mol. The van der Waals surface area contributed by atoms with Crippen LogP contribution >= 0.6 is 15.0 Å². The van der Waals surface area contributed by atoms with Gasteiger partial charge in [0.15, 0.2) is 5.78 Å². The highest BCUT2D eigenvalue weighted by Gasteiger charge is 2.53. The number of hydrogen-bond acceptors (Lipinski definition) is 17. The number of benzene rings is 1. The highest BCUT2D eigenvalue weighted by atomic mass is 31.2. The van der Waals surface area contributed by atoms with Gasteiger partial charge < -0.3 is 68.0 Å². The molecule has 0 radical (unpaired) electrons. The minimum Gasteiger partial charge on any atom is -0.460 e. The number of aliphatic hydroxyl groups is 2. The van der Waals surface area contributed by atoms with Crippen LogP contribution in [0.25, 0.3) is 0 Å². The number of esters is 1. The number of piperidine rings is 1. The van der Waals surface area contributed by atoms with E-state index in [0.29, 0.717) is 75.6 Å². The Morgan fingerprint density at radius 1 is 0.828 bits per heavy atom. The van der Waals surface area contributed by atoms with Crippen LogP contribution in [0.4, 0.5) is 10.5 Å². The molecule has 2 bridgehead atoms. The third-order valence-electron chi connectivity index (χ3n) is 17.9. The van der Waals surface area contributed by atoms with Gasteiger partial charge in [-0.1, -0.05) is 71.1 Å². The molecule has 4 aliphatic rings. The van der Waals surface area contributed by atoms with Gasteiger partial charge in [0.2, 0.25) is 13.2 Å². The number of methoxy groups -OCH3 is 3. The molecule has 2 saturated heterocycles. The Hall–Kier alpha value is -4.70. The summed E-state index contributed by atoms with van der Waals surface area (Å²) < 4.78 is 60.0. The van der Waals surface area contributed by atoms with E-state index in [1.807, 2.05) is 51.2 Å². The van der Waals surface area contributed by atoms with Crippen molar-refractivity contribution >= 4 is 61.3 Å². The van der Waals surface area contributed by atoms with Crippen molar-refractivity contribution in [1.82, 2.24) is 9.80 Å². The summed E-state index contributed by atoms with van der Waals surface area (Å²) in [7, 11) is -1.27. The standard InChI is InChI=1S/C63H97N3O19P2/c1-39-18-14-13-15-19-40(2)53(80-10)36-48-25-21-45(7)63(74,85-48)59(70)60(71)66-29-17-16-20-50(66)61(72)83-54(37-51(67)41(3)33-44(6)57(69)58(82-12)56(68)43(5)32-39)42(4)34-46-22-28-52(55(35-46)81-11)84-62(73)65(9)31-30-64(8)47-23-26-49(27-24-47)86(75,76)38-87(77,78)79/h13-15,18-19,23-24,26-27,33,39,41-43,45-46,48,50,52-55,57-58,69,74H,16-17,20-22,25,28-32,34-38H2,1-12H3,(H,75,76)(H2,77,78,79)/b15-13?,18-14+,40-19?,44-33+/t39-,41-,42-,43-,45-,46+,48+,50?,52-,53+,54+,55-,57-,58+,63-/m1/s1. The first kappa shape index (κ1) is 73.0. The summed E-state index contributed by atoms with van der Waals surface area (Å²) in [5, 5.41) is 23.6. The van der Waals surface area contributed by atoms with Crippen molar-refractivity contribution in [2.75, 3.05) is 65.9 Å². The van der Waals surface area contributed by atoms with E-state index in [1.54, 1.807) is 72.0 Å². The predicted molar refractivity (Wildman–Crippen MR) is 328 cm³/mol. The van der Waals surface area contributed by atoms with Crippen molar-refractivity contribution in [3.05, 3.63) is 71.9 Å². The molecule has 0 aromatic heterocycles. The van der Waals surface area contributed by atoms with Crippen molar-refractivity contribution in [3.8, 4) is 0 Å². The molecule has 3 fully saturated rings. The Morgan fingerprint density at radius 2 is 1.52 bits per heavy atom. The molecule has 5 rings (SSSR count). The SMILES string of the molecule is CO[C@H]1C[C@@H]2CC[C@@H](C)[C@@](O)(O2)C(=O)C(=O)N2CCCCC2C(=O)O[C@H]([C@H](C)C[C@@H]2CC[C@@H](OC(=O)N(C)CCN(C)c3ccc(P(=O)(O)CP(=O)(O)O)cc3)[C@H](OC)C2)CC(=O)[C@H](C)/C=C(\C)[C@@H](O)[C@@H](OC)C(=O)[C@H](C)C[C@H](C)/C=C/C=CC=C1C. The number of nitrogens with zero attached hydrogens (tertiary/aromatic N) is 3. The van der Waals surface area contributed by atoms with Gasteiger partial charge in [-0.25, -0.2) is 9.59 Å². The highest BCUT2D eigenvalue weighted by molar-refractivity contribution is 7.77. The summed E-state index contributed by atoms with van der Waals surface area (Å²) in [5.41, 5.74) is 1.81. The zero-order valence-electron chi connectivity index (χ0n) is 52.9. The van der Waals surface area contributed by atoms with Crippen molar-refractivity contribution in [2.24, 2.45) is 35.5 Å². The third-order valence-corrected chi connectivity index (χ3v) is 22.0. The lowest BCUT2D eigenvalue weighted by molar-refractivity contribution is -0.265. The number of aliphatic hydroxyl groups excluding tert-OH is 1. The second kappa shape index (κ2) is 32.9.